The maximum absolute atomic E-state index is 4.31. The van der Waals surface area contributed by atoms with Crippen molar-refractivity contribution >= 4 is 0 Å². The van der Waals surface area contributed by atoms with Crippen molar-refractivity contribution in [3.63, 3.8) is 0 Å². The highest BCUT2D eigenvalue weighted by atomic mass is 15.3. The predicted octanol–water partition coefficient (Wildman–Crippen LogP) is 2.02. The van der Waals surface area contributed by atoms with Gasteiger partial charge in [-0.15, -0.1) is 10.2 Å². The number of nitrogens with zero attached hydrogens (tertiary/aromatic N) is 5. The van der Waals surface area contributed by atoms with Gasteiger partial charge in [0.25, 0.3) is 0 Å². The van der Waals surface area contributed by atoms with Crippen molar-refractivity contribution in [3.05, 3.63) is 24.0 Å². The summed E-state index contributed by atoms with van der Waals surface area (Å²) in [5, 5.41) is 8.60. The lowest BCUT2D eigenvalue weighted by atomic mass is 10.0. The molecule has 5 heteroatoms. The van der Waals surface area contributed by atoms with Gasteiger partial charge >= 0.3 is 0 Å². The van der Waals surface area contributed by atoms with Gasteiger partial charge in [-0.1, -0.05) is 6.92 Å². The Bertz CT molecular complexity index is 543. The van der Waals surface area contributed by atoms with E-state index in [-0.39, 0.29) is 0 Å². The van der Waals surface area contributed by atoms with Gasteiger partial charge in [-0.2, -0.15) is 0 Å². The topological polar surface area (TPSA) is 56.5 Å². The lowest BCUT2D eigenvalue weighted by Crippen LogP contribution is -2.04. The van der Waals surface area contributed by atoms with E-state index >= 15 is 0 Å². The van der Waals surface area contributed by atoms with Gasteiger partial charge in [0.05, 0.1) is 5.56 Å². The van der Waals surface area contributed by atoms with Crippen LogP contribution in [0, 0.1) is 12.8 Å². The summed E-state index contributed by atoms with van der Waals surface area (Å²) in [4.78, 5) is 8.46. The summed E-state index contributed by atoms with van der Waals surface area (Å²) in [6.45, 7) is 5.18. The number of hydrogen-bond acceptors (Lipinski definition) is 4. The quantitative estimate of drug-likeness (QED) is 0.769. The third-order valence-electron chi connectivity index (χ3n) is 3.57. The second-order valence-corrected chi connectivity index (χ2v) is 5.04. The van der Waals surface area contributed by atoms with Crippen LogP contribution in [0.2, 0.25) is 0 Å². The summed E-state index contributed by atoms with van der Waals surface area (Å²) in [6, 6.07) is 0. The van der Waals surface area contributed by atoms with E-state index in [1.165, 1.54) is 12.8 Å². The minimum absolute atomic E-state index is 0.758. The Morgan fingerprint density at radius 1 is 1.17 bits per heavy atom. The van der Waals surface area contributed by atoms with Crippen LogP contribution in [-0.4, -0.2) is 24.7 Å². The van der Waals surface area contributed by atoms with Crippen molar-refractivity contribution in [1.82, 2.24) is 24.7 Å². The van der Waals surface area contributed by atoms with E-state index in [9.17, 15) is 0 Å². The Hall–Kier alpha value is -1.78. The zero-order valence-corrected chi connectivity index (χ0v) is 10.8. The number of fused-ring (bicyclic) bond motifs is 1. The Morgan fingerprint density at radius 2 is 1.94 bits per heavy atom. The van der Waals surface area contributed by atoms with Gasteiger partial charge in [-0.25, -0.2) is 9.97 Å². The molecular weight excluding hydrogens is 226 g/mol. The molecule has 1 aliphatic rings. The average molecular weight is 243 g/mol. The predicted molar refractivity (Wildman–Crippen MR) is 67.9 cm³/mol. The Morgan fingerprint density at radius 3 is 2.72 bits per heavy atom. The number of aryl methyl sites for hydroxylation is 2. The van der Waals surface area contributed by atoms with Crippen molar-refractivity contribution in [2.45, 2.75) is 39.7 Å². The first-order valence-corrected chi connectivity index (χ1v) is 6.45. The first-order chi connectivity index (χ1) is 8.74. The number of hydrogen-bond donors (Lipinski definition) is 0. The highest BCUT2D eigenvalue weighted by Crippen LogP contribution is 2.23. The smallest absolute Gasteiger partial charge is 0.167 e. The van der Waals surface area contributed by atoms with Gasteiger partial charge in [-0.05, 0) is 25.7 Å². The Balaban J connectivity index is 1.99. The highest BCUT2D eigenvalue weighted by molar-refractivity contribution is 5.52. The third kappa shape index (κ3) is 2.00. The third-order valence-corrected chi connectivity index (χ3v) is 3.57. The summed E-state index contributed by atoms with van der Waals surface area (Å²) in [7, 11) is 0. The molecular formula is C13H17N5. The highest BCUT2D eigenvalue weighted by Gasteiger charge is 2.18. The summed E-state index contributed by atoms with van der Waals surface area (Å²) in [6.07, 6.45) is 7.05. The van der Waals surface area contributed by atoms with E-state index in [4.69, 9.17) is 0 Å². The molecule has 0 N–H and O–H groups in total. The molecule has 3 rings (SSSR count). The van der Waals surface area contributed by atoms with Crippen LogP contribution >= 0.6 is 0 Å². The van der Waals surface area contributed by atoms with Gasteiger partial charge in [0.2, 0.25) is 0 Å². The van der Waals surface area contributed by atoms with Crippen molar-refractivity contribution in [1.29, 1.82) is 0 Å². The molecule has 0 bridgehead atoms. The molecule has 1 atom stereocenters. The van der Waals surface area contributed by atoms with Crippen molar-refractivity contribution in [2.75, 3.05) is 0 Å². The molecule has 18 heavy (non-hydrogen) atoms. The van der Waals surface area contributed by atoms with E-state index in [1.54, 1.807) is 0 Å². The van der Waals surface area contributed by atoms with E-state index in [1.807, 2.05) is 19.3 Å². The molecule has 0 radical (unpaired) electrons. The zero-order valence-electron chi connectivity index (χ0n) is 10.8. The second-order valence-electron chi connectivity index (χ2n) is 5.04. The first-order valence-electron chi connectivity index (χ1n) is 6.45. The van der Waals surface area contributed by atoms with Crippen LogP contribution in [0.4, 0.5) is 0 Å². The molecule has 0 spiro atoms. The zero-order chi connectivity index (χ0) is 12.5. The lowest BCUT2D eigenvalue weighted by molar-refractivity contribution is 0.486. The van der Waals surface area contributed by atoms with Crippen LogP contribution < -0.4 is 0 Å². The minimum atomic E-state index is 0.758. The number of aromatic nitrogens is 5. The molecule has 0 saturated heterocycles. The van der Waals surface area contributed by atoms with Gasteiger partial charge in [0, 0.05) is 25.4 Å². The molecule has 3 heterocycles. The fourth-order valence-corrected chi connectivity index (χ4v) is 2.35. The van der Waals surface area contributed by atoms with E-state index in [0.717, 1.165) is 41.9 Å². The molecule has 2 aromatic rings. The van der Waals surface area contributed by atoms with Crippen molar-refractivity contribution in [3.8, 4) is 11.4 Å². The lowest BCUT2D eigenvalue weighted by Gasteiger charge is -2.07. The maximum atomic E-state index is 4.31. The summed E-state index contributed by atoms with van der Waals surface area (Å²) in [5.41, 5.74) is 0.953. The van der Waals surface area contributed by atoms with Crippen LogP contribution in [0.1, 0.15) is 31.4 Å². The molecule has 0 aliphatic carbocycles. The molecule has 0 amide bonds. The van der Waals surface area contributed by atoms with Crippen LogP contribution in [0.3, 0.4) is 0 Å². The fourth-order valence-electron chi connectivity index (χ4n) is 2.35. The summed E-state index contributed by atoms with van der Waals surface area (Å²) in [5.74, 6) is 3.53. The van der Waals surface area contributed by atoms with Gasteiger partial charge < -0.3 is 4.57 Å². The molecule has 0 fully saturated rings. The second kappa shape index (κ2) is 4.48. The number of rotatable bonds is 1. The normalized spacial score (nSPS) is 19.3. The standard InChI is InChI=1S/C13H17N5/c1-9-3-4-12-16-17-13(18(12)6-5-9)11-7-14-10(2)15-8-11/h7-9H,3-6H2,1-2H3. The van der Waals surface area contributed by atoms with Gasteiger partial charge in [-0.3, -0.25) is 0 Å². The molecule has 1 aliphatic heterocycles. The molecule has 0 saturated carbocycles. The SMILES string of the molecule is Cc1ncc(-c2nnc3n2CCC(C)CC3)cn1. The van der Waals surface area contributed by atoms with Crippen LogP contribution in [0.5, 0.6) is 0 Å². The van der Waals surface area contributed by atoms with Crippen LogP contribution in [0.25, 0.3) is 11.4 Å². The Labute approximate surface area is 106 Å². The summed E-state index contributed by atoms with van der Waals surface area (Å²) >= 11 is 0. The molecule has 94 valence electrons. The first kappa shape index (κ1) is 11.3. The van der Waals surface area contributed by atoms with Gasteiger partial charge in [0.15, 0.2) is 5.82 Å². The van der Waals surface area contributed by atoms with Crippen molar-refractivity contribution in [2.24, 2.45) is 5.92 Å². The molecule has 2 aromatic heterocycles. The van der Waals surface area contributed by atoms with E-state index in [0.29, 0.717) is 0 Å². The average Bonchev–Trinajstić information content (AvgIpc) is 2.69. The van der Waals surface area contributed by atoms with Crippen LogP contribution in [0.15, 0.2) is 12.4 Å². The molecule has 0 aromatic carbocycles. The van der Waals surface area contributed by atoms with Gasteiger partial charge in [0.1, 0.15) is 11.6 Å². The van der Waals surface area contributed by atoms with Crippen molar-refractivity contribution < 1.29 is 0 Å². The largest absolute Gasteiger partial charge is 0.311 e. The fraction of sp³-hybridized carbons (Fsp3) is 0.538. The molecule has 1 unspecified atom stereocenters. The Kier molecular flexibility index (Phi) is 2.81. The minimum Gasteiger partial charge on any atom is -0.311 e. The molecule has 5 nitrogen and oxygen atoms in total. The van der Waals surface area contributed by atoms with E-state index in [2.05, 4.69) is 31.7 Å². The van der Waals surface area contributed by atoms with Crippen LogP contribution in [-0.2, 0) is 13.0 Å². The summed E-state index contributed by atoms with van der Waals surface area (Å²) < 4.78 is 2.22. The maximum Gasteiger partial charge on any atom is 0.167 e. The monoisotopic (exact) mass is 243 g/mol. The van der Waals surface area contributed by atoms with E-state index < -0.39 is 0 Å².